The lowest BCUT2D eigenvalue weighted by atomic mass is 10.3. The topological polar surface area (TPSA) is 104 Å². The number of ether oxygens (including phenoxy) is 3. The largest absolute Gasteiger partial charge is 0.467 e. The van der Waals surface area contributed by atoms with Crippen LogP contribution in [0.5, 0.6) is 12.0 Å². The van der Waals surface area contributed by atoms with Gasteiger partial charge in [0.2, 0.25) is 5.95 Å². The summed E-state index contributed by atoms with van der Waals surface area (Å²) in [7, 11) is 1.46. The molecule has 0 bridgehead atoms. The van der Waals surface area contributed by atoms with Crippen molar-refractivity contribution in [3.63, 3.8) is 0 Å². The zero-order valence-corrected chi connectivity index (χ0v) is 8.84. The van der Waals surface area contributed by atoms with E-state index in [1.165, 1.54) is 7.11 Å². The molecule has 0 amide bonds. The molecule has 0 spiro atoms. The van der Waals surface area contributed by atoms with E-state index in [1.54, 1.807) is 0 Å². The summed E-state index contributed by atoms with van der Waals surface area (Å²) in [6.07, 6.45) is 0.789. The molecule has 1 aliphatic rings. The SMILES string of the molecule is COc1nc(NN)nc(OC2CCOC2)n1. The maximum atomic E-state index is 5.50. The fourth-order valence-corrected chi connectivity index (χ4v) is 1.30. The number of methoxy groups -OCH3 is 1. The summed E-state index contributed by atoms with van der Waals surface area (Å²) < 4.78 is 15.6. The van der Waals surface area contributed by atoms with Crippen molar-refractivity contribution in [3.8, 4) is 12.0 Å². The van der Waals surface area contributed by atoms with E-state index in [0.717, 1.165) is 6.42 Å². The molecule has 1 fully saturated rings. The standard InChI is InChI=1S/C8H13N5O3/c1-14-7-10-6(13-9)11-8(12-7)16-5-2-3-15-4-5/h5H,2-4,9H2,1H3,(H,10,11,12,13). The first-order valence-electron chi connectivity index (χ1n) is 4.83. The highest BCUT2D eigenvalue weighted by atomic mass is 16.6. The molecule has 0 aromatic carbocycles. The third-order valence-electron chi connectivity index (χ3n) is 2.07. The molecule has 16 heavy (non-hydrogen) atoms. The van der Waals surface area contributed by atoms with Crippen LogP contribution in [0.3, 0.4) is 0 Å². The second kappa shape index (κ2) is 4.90. The molecule has 2 heterocycles. The zero-order chi connectivity index (χ0) is 11.4. The molecular weight excluding hydrogens is 214 g/mol. The molecule has 3 N–H and O–H groups in total. The van der Waals surface area contributed by atoms with Gasteiger partial charge in [0.15, 0.2) is 0 Å². The predicted molar refractivity (Wildman–Crippen MR) is 54.0 cm³/mol. The van der Waals surface area contributed by atoms with Crippen LogP contribution >= 0.6 is 0 Å². The van der Waals surface area contributed by atoms with Gasteiger partial charge >= 0.3 is 12.0 Å². The summed E-state index contributed by atoms with van der Waals surface area (Å²) in [6.45, 7) is 1.23. The Morgan fingerprint density at radius 2 is 2.19 bits per heavy atom. The number of anilines is 1. The Kier molecular flexibility index (Phi) is 3.32. The predicted octanol–water partition coefficient (Wildman–Crippen LogP) is -0.666. The van der Waals surface area contributed by atoms with Gasteiger partial charge in [-0.25, -0.2) is 5.84 Å². The fourth-order valence-electron chi connectivity index (χ4n) is 1.30. The summed E-state index contributed by atoms with van der Waals surface area (Å²) in [6, 6.07) is 0.326. The van der Waals surface area contributed by atoms with Gasteiger partial charge in [-0.05, 0) is 0 Å². The van der Waals surface area contributed by atoms with Crippen molar-refractivity contribution < 1.29 is 14.2 Å². The first kappa shape index (κ1) is 10.8. The molecule has 1 unspecified atom stereocenters. The van der Waals surface area contributed by atoms with Crippen molar-refractivity contribution in [3.05, 3.63) is 0 Å². The van der Waals surface area contributed by atoms with E-state index in [2.05, 4.69) is 20.4 Å². The molecule has 8 heteroatoms. The number of hydrogen-bond acceptors (Lipinski definition) is 8. The summed E-state index contributed by atoms with van der Waals surface area (Å²) in [5.41, 5.74) is 2.31. The molecule has 1 aliphatic heterocycles. The quantitative estimate of drug-likeness (QED) is 0.515. The first-order valence-corrected chi connectivity index (χ1v) is 4.83. The van der Waals surface area contributed by atoms with Gasteiger partial charge in [0.05, 0.1) is 20.3 Å². The van der Waals surface area contributed by atoms with E-state index in [9.17, 15) is 0 Å². The molecule has 0 saturated carbocycles. The number of nitrogens with one attached hydrogen (secondary N) is 1. The Bertz CT molecular complexity index is 333. The Labute approximate surface area is 92.1 Å². The average molecular weight is 227 g/mol. The minimum absolute atomic E-state index is 0.0299. The maximum Gasteiger partial charge on any atom is 0.324 e. The van der Waals surface area contributed by atoms with Crippen LogP contribution in [0.25, 0.3) is 0 Å². The van der Waals surface area contributed by atoms with Crippen LogP contribution in [0.1, 0.15) is 6.42 Å². The van der Waals surface area contributed by atoms with E-state index in [4.69, 9.17) is 20.1 Å². The minimum Gasteiger partial charge on any atom is -0.467 e. The maximum absolute atomic E-state index is 5.50. The molecule has 2 rings (SSSR count). The monoisotopic (exact) mass is 227 g/mol. The molecule has 88 valence electrons. The summed E-state index contributed by atoms with van der Waals surface area (Å²) in [5, 5.41) is 0. The van der Waals surface area contributed by atoms with Crippen LogP contribution in [-0.4, -0.2) is 41.4 Å². The first-order chi connectivity index (χ1) is 7.81. The highest BCUT2D eigenvalue weighted by Crippen LogP contribution is 2.16. The number of rotatable bonds is 4. The van der Waals surface area contributed by atoms with Crippen molar-refractivity contribution >= 4 is 5.95 Å². The Morgan fingerprint density at radius 3 is 2.81 bits per heavy atom. The van der Waals surface area contributed by atoms with E-state index >= 15 is 0 Å². The van der Waals surface area contributed by atoms with Crippen LogP contribution < -0.4 is 20.7 Å². The number of hydrogen-bond donors (Lipinski definition) is 2. The van der Waals surface area contributed by atoms with E-state index in [1.807, 2.05) is 0 Å². The van der Waals surface area contributed by atoms with E-state index in [0.29, 0.717) is 13.2 Å². The van der Waals surface area contributed by atoms with E-state index < -0.39 is 0 Å². The third-order valence-corrected chi connectivity index (χ3v) is 2.07. The van der Waals surface area contributed by atoms with Crippen LogP contribution in [0.15, 0.2) is 0 Å². The van der Waals surface area contributed by atoms with Gasteiger partial charge in [-0.3, -0.25) is 5.43 Å². The van der Waals surface area contributed by atoms with Crippen LogP contribution in [0, 0.1) is 0 Å². The zero-order valence-electron chi connectivity index (χ0n) is 8.84. The van der Waals surface area contributed by atoms with Crippen molar-refractivity contribution in [1.82, 2.24) is 15.0 Å². The highest BCUT2D eigenvalue weighted by molar-refractivity contribution is 5.25. The van der Waals surface area contributed by atoms with E-state index in [-0.39, 0.29) is 24.1 Å². The lowest BCUT2D eigenvalue weighted by Crippen LogP contribution is -2.19. The Balaban J connectivity index is 2.12. The van der Waals surface area contributed by atoms with Crippen LogP contribution in [0.4, 0.5) is 5.95 Å². The van der Waals surface area contributed by atoms with Crippen molar-refractivity contribution in [2.45, 2.75) is 12.5 Å². The van der Waals surface area contributed by atoms with Gasteiger partial charge in [-0.2, -0.15) is 9.97 Å². The molecule has 8 nitrogen and oxygen atoms in total. The lowest BCUT2D eigenvalue weighted by molar-refractivity contribution is 0.133. The summed E-state index contributed by atoms with van der Waals surface area (Å²) >= 11 is 0. The number of aromatic nitrogens is 3. The number of hydrazine groups is 1. The molecular formula is C8H13N5O3. The molecule has 1 saturated heterocycles. The number of nitrogen functional groups attached to an aromatic ring is 1. The summed E-state index contributed by atoms with van der Waals surface area (Å²) in [4.78, 5) is 11.7. The average Bonchev–Trinajstić information content (AvgIpc) is 2.81. The summed E-state index contributed by atoms with van der Waals surface area (Å²) in [5.74, 6) is 5.41. The molecule has 0 aliphatic carbocycles. The molecule has 1 aromatic heterocycles. The van der Waals surface area contributed by atoms with Gasteiger partial charge in [0.1, 0.15) is 6.10 Å². The van der Waals surface area contributed by atoms with Crippen molar-refractivity contribution in [2.24, 2.45) is 5.84 Å². The molecule has 1 aromatic rings. The lowest BCUT2D eigenvalue weighted by Gasteiger charge is -2.10. The van der Waals surface area contributed by atoms with Gasteiger partial charge in [0, 0.05) is 6.42 Å². The van der Waals surface area contributed by atoms with Crippen molar-refractivity contribution in [2.75, 3.05) is 25.7 Å². The minimum atomic E-state index is -0.0299. The van der Waals surface area contributed by atoms with Gasteiger partial charge < -0.3 is 14.2 Å². The van der Waals surface area contributed by atoms with Gasteiger partial charge in [0.25, 0.3) is 0 Å². The second-order valence-electron chi connectivity index (χ2n) is 3.18. The van der Waals surface area contributed by atoms with Gasteiger partial charge in [-0.15, -0.1) is 4.98 Å². The number of nitrogens with two attached hydrogens (primary N) is 1. The van der Waals surface area contributed by atoms with Gasteiger partial charge in [-0.1, -0.05) is 0 Å². The Hall–Kier alpha value is -1.67. The Morgan fingerprint density at radius 1 is 1.38 bits per heavy atom. The third kappa shape index (κ3) is 2.47. The van der Waals surface area contributed by atoms with Crippen LogP contribution in [-0.2, 0) is 4.74 Å². The smallest absolute Gasteiger partial charge is 0.324 e. The molecule has 0 radical (unpaired) electrons. The number of nitrogens with zero attached hydrogens (tertiary/aromatic N) is 3. The van der Waals surface area contributed by atoms with Crippen LogP contribution in [0.2, 0.25) is 0 Å². The normalized spacial score (nSPS) is 19.5. The molecule has 1 atom stereocenters. The second-order valence-corrected chi connectivity index (χ2v) is 3.18. The fraction of sp³-hybridized carbons (Fsp3) is 0.625. The van der Waals surface area contributed by atoms with Crippen molar-refractivity contribution in [1.29, 1.82) is 0 Å². The highest BCUT2D eigenvalue weighted by Gasteiger charge is 2.19.